The Hall–Kier alpha value is -1.69. The maximum Gasteiger partial charge on any atom is 0.307 e. The van der Waals surface area contributed by atoms with Crippen LogP contribution in [-0.2, 0) is 22.4 Å². The number of aliphatic carboxylic acids is 2. The second-order valence-corrected chi connectivity index (χ2v) is 4.21. The molecule has 0 aromatic heterocycles. The van der Waals surface area contributed by atoms with Gasteiger partial charge in [0.25, 0.3) is 0 Å². The molecule has 6 heteroatoms. The summed E-state index contributed by atoms with van der Waals surface area (Å²) in [6.45, 7) is 0. The van der Waals surface area contributed by atoms with Crippen molar-refractivity contribution in [3.05, 3.63) is 33.3 Å². The fourth-order valence-electron chi connectivity index (χ4n) is 1.50. The normalized spacial score (nSPS) is 9.94. The van der Waals surface area contributed by atoms with Crippen molar-refractivity contribution in [2.24, 2.45) is 0 Å². The summed E-state index contributed by atoms with van der Waals surface area (Å²) in [4.78, 5) is 32.2. The van der Waals surface area contributed by atoms with Gasteiger partial charge in [-0.25, -0.2) is 0 Å². The number of halogens is 1. The average molecular weight is 301 g/mol. The lowest BCUT2D eigenvalue weighted by Gasteiger charge is -2.10. The van der Waals surface area contributed by atoms with Gasteiger partial charge in [0.2, 0.25) is 0 Å². The number of rotatable bonds is 5. The maximum atomic E-state index is 10.8. The molecule has 5 nitrogen and oxygen atoms in total. The van der Waals surface area contributed by atoms with Gasteiger partial charge in [-0.15, -0.1) is 0 Å². The molecule has 1 aromatic rings. The standard InChI is InChI=1S/C11H9BrO5/c12-9-2-1-6(5-13)7(3-10(14)15)8(9)4-11(16)17/h1-2,5H,3-4H2,(H,14,15)(H,16,17). The Labute approximate surface area is 105 Å². The molecule has 1 aromatic carbocycles. The van der Waals surface area contributed by atoms with Crippen LogP contribution in [0.2, 0.25) is 0 Å². The van der Waals surface area contributed by atoms with E-state index < -0.39 is 11.9 Å². The Morgan fingerprint density at radius 3 is 2.12 bits per heavy atom. The van der Waals surface area contributed by atoms with Crippen LogP contribution in [0.1, 0.15) is 21.5 Å². The maximum absolute atomic E-state index is 10.8. The van der Waals surface area contributed by atoms with Crippen molar-refractivity contribution in [1.29, 1.82) is 0 Å². The van der Waals surface area contributed by atoms with Crippen LogP contribution >= 0.6 is 15.9 Å². The first-order chi connectivity index (χ1) is 7.95. The summed E-state index contributed by atoms with van der Waals surface area (Å²) in [5, 5.41) is 17.5. The van der Waals surface area contributed by atoms with E-state index in [-0.39, 0.29) is 24.0 Å². The molecule has 0 unspecified atom stereocenters. The average Bonchev–Trinajstić information content (AvgIpc) is 2.22. The van der Waals surface area contributed by atoms with Crippen molar-refractivity contribution in [3.63, 3.8) is 0 Å². The molecule has 0 aliphatic rings. The topological polar surface area (TPSA) is 91.7 Å². The van der Waals surface area contributed by atoms with E-state index in [9.17, 15) is 14.4 Å². The first-order valence-corrected chi connectivity index (χ1v) is 5.44. The van der Waals surface area contributed by atoms with Crippen molar-refractivity contribution < 1.29 is 24.6 Å². The Morgan fingerprint density at radius 2 is 1.65 bits per heavy atom. The molecule has 90 valence electrons. The summed E-state index contributed by atoms with van der Waals surface area (Å²) in [6, 6.07) is 2.99. The van der Waals surface area contributed by atoms with E-state index in [1.807, 2.05) is 0 Å². The van der Waals surface area contributed by atoms with E-state index in [0.717, 1.165) is 0 Å². The molecule has 0 atom stereocenters. The van der Waals surface area contributed by atoms with Crippen LogP contribution < -0.4 is 0 Å². The van der Waals surface area contributed by atoms with Crippen LogP contribution in [0, 0.1) is 0 Å². The van der Waals surface area contributed by atoms with E-state index in [4.69, 9.17) is 10.2 Å². The minimum absolute atomic E-state index is 0.201. The predicted molar refractivity (Wildman–Crippen MR) is 62.2 cm³/mol. The Bertz CT molecular complexity index is 481. The fourth-order valence-corrected chi connectivity index (χ4v) is 2.01. The lowest BCUT2D eigenvalue weighted by molar-refractivity contribution is -0.137. The number of carbonyl (C=O) groups is 3. The van der Waals surface area contributed by atoms with Gasteiger partial charge >= 0.3 is 11.9 Å². The number of hydrogen-bond acceptors (Lipinski definition) is 3. The molecular formula is C11H9BrO5. The van der Waals surface area contributed by atoms with Crippen molar-refractivity contribution >= 4 is 34.2 Å². The highest BCUT2D eigenvalue weighted by Gasteiger charge is 2.16. The number of carboxylic acids is 2. The molecule has 0 aliphatic carbocycles. The molecule has 0 saturated carbocycles. The minimum Gasteiger partial charge on any atom is -0.481 e. The first kappa shape index (κ1) is 13.4. The summed E-state index contributed by atoms with van der Waals surface area (Å²) in [6.07, 6.45) is -0.183. The van der Waals surface area contributed by atoms with E-state index in [1.165, 1.54) is 12.1 Å². The van der Waals surface area contributed by atoms with Crippen LogP contribution in [0.25, 0.3) is 0 Å². The van der Waals surface area contributed by atoms with Crippen LogP contribution in [0.5, 0.6) is 0 Å². The highest BCUT2D eigenvalue weighted by molar-refractivity contribution is 9.10. The quantitative estimate of drug-likeness (QED) is 0.804. The lowest BCUT2D eigenvalue weighted by atomic mass is 9.97. The predicted octanol–water partition coefficient (Wildman–Crippen LogP) is 1.52. The molecule has 0 heterocycles. The van der Waals surface area contributed by atoms with E-state index in [1.54, 1.807) is 0 Å². The Balaban J connectivity index is 3.35. The van der Waals surface area contributed by atoms with Gasteiger partial charge in [-0.3, -0.25) is 14.4 Å². The smallest absolute Gasteiger partial charge is 0.307 e. The summed E-state index contributed by atoms with van der Waals surface area (Å²) in [7, 11) is 0. The van der Waals surface area contributed by atoms with E-state index in [0.29, 0.717) is 16.3 Å². The fraction of sp³-hybridized carbons (Fsp3) is 0.182. The number of aldehydes is 1. The minimum atomic E-state index is -1.11. The van der Waals surface area contributed by atoms with Crippen LogP contribution in [0.15, 0.2) is 16.6 Å². The van der Waals surface area contributed by atoms with Gasteiger partial charge in [-0.2, -0.15) is 0 Å². The zero-order valence-electron chi connectivity index (χ0n) is 8.64. The summed E-state index contributed by atoms with van der Waals surface area (Å²) >= 11 is 3.16. The number of benzene rings is 1. The highest BCUT2D eigenvalue weighted by Crippen LogP contribution is 2.24. The summed E-state index contributed by atoms with van der Waals surface area (Å²) in [5.41, 5.74) is 0.764. The van der Waals surface area contributed by atoms with Gasteiger partial charge < -0.3 is 10.2 Å². The van der Waals surface area contributed by atoms with E-state index >= 15 is 0 Å². The molecule has 0 saturated heterocycles. The largest absolute Gasteiger partial charge is 0.481 e. The van der Waals surface area contributed by atoms with Crippen LogP contribution in [0.3, 0.4) is 0 Å². The summed E-state index contributed by atoms with van der Waals surface area (Å²) in [5.74, 6) is -2.20. The van der Waals surface area contributed by atoms with Gasteiger partial charge in [-0.1, -0.05) is 22.0 Å². The van der Waals surface area contributed by atoms with Crippen molar-refractivity contribution in [2.75, 3.05) is 0 Å². The van der Waals surface area contributed by atoms with Crippen molar-refractivity contribution in [3.8, 4) is 0 Å². The Kier molecular flexibility index (Phi) is 4.39. The van der Waals surface area contributed by atoms with Crippen molar-refractivity contribution in [2.45, 2.75) is 12.8 Å². The number of hydrogen-bond donors (Lipinski definition) is 2. The zero-order valence-corrected chi connectivity index (χ0v) is 10.2. The molecular weight excluding hydrogens is 292 g/mol. The second-order valence-electron chi connectivity index (χ2n) is 3.35. The molecule has 17 heavy (non-hydrogen) atoms. The van der Waals surface area contributed by atoms with Gasteiger partial charge in [0, 0.05) is 10.0 Å². The molecule has 0 aliphatic heterocycles. The van der Waals surface area contributed by atoms with Gasteiger partial charge in [0.1, 0.15) is 6.29 Å². The monoisotopic (exact) mass is 300 g/mol. The highest BCUT2D eigenvalue weighted by atomic mass is 79.9. The third-order valence-corrected chi connectivity index (χ3v) is 2.94. The van der Waals surface area contributed by atoms with Crippen molar-refractivity contribution in [1.82, 2.24) is 0 Å². The Morgan fingerprint density at radius 1 is 1.12 bits per heavy atom. The van der Waals surface area contributed by atoms with Gasteiger partial charge in [0.15, 0.2) is 0 Å². The number of carboxylic acid groups (broad SMARTS) is 2. The number of carbonyl (C=O) groups excluding carboxylic acids is 1. The molecule has 0 radical (unpaired) electrons. The SMILES string of the molecule is O=Cc1ccc(Br)c(CC(=O)O)c1CC(=O)O. The molecule has 0 spiro atoms. The first-order valence-electron chi connectivity index (χ1n) is 4.64. The second kappa shape index (κ2) is 5.58. The molecule has 0 bridgehead atoms. The van der Waals surface area contributed by atoms with Gasteiger partial charge in [-0.05, 0) is 17.2 Å². The third-order valence-electron chi connectivity index (χ3n) is 2.19. The van der Waals surface area contributed by atoms with E-state index in [2.05, 4.69) is 15.9 Å². The molecule has 1 rings (SSSR count). The lowest BCUT2D eigenvalue weighted by Crippen LogP contribution is -2.11. The third kappa shape index (κ3) is 3.39. The molecule has 2 N–H and O–H groups in total. The summed E-state index contributed by atoms with van der Waals surface area (Å²) < 4.78 is 0.488. The molecule has 0 amide bonds. The van der Waals surface area contributed by atoms with Gasteiger partial charge in [0.05, 0.1) is 12.8 Å². The molecule has 0 fully saturated rings. The van der Waals surface area contributed by atoms with Crippen LogP contribution in [0.4, 0.5) is 0 Å². The zero-order chi connectivity index (χ0) is 13.0. The van der Waals surface area contributed by atoms with Crippen LogP contribution in [-0.4, -0.2) is 28.4 Å².